The zero-order chi connectivity index (χ0) is 29.8. The van der Waals surface area contributed by atoms with E-state index in [2.05, 4.69) is 16.0 Å². The van der Waals surface area contributed by atoms with Gasteiger partial charge in [0, 0.05) is 39.8 Å². The van der Waals surface area contributed by atoms with Crippen LogP contribution in [0.2, 0.25) is 0 Å². The molecule has 0 atom stereocenters. The average molecular weight is 554 g/mol. The van der Waals surface area contributed by atoms with Crippen molar-refractivity contribution in [1.82, 2.24) is 5.32 Å². The first-order chi connectivity index (χ1) is 19.6. The fraction of sp³-hybridized carbons (Fsp3) is 0.273. The second-order valence-corrected chi connectivity index (χ2v) is 10.3. The van der Waals surface area contributed by atoms with Gasteiger partial charge in [-0.25, -0.2) is 0 Å². The van der Waals surface area contributed by atoms with Gasteiger partial charge >= 0.3 is 0 Å². The van der Waals surface area contributed by atoms with Gasteiger partial charge in [0.15, 0.2) is 0 Å². The number of benzene rings is 3. The Bertz CT molecular complexity index is 1450. The molecule has 3 aromatic carbocycles. The number of hydrogen-bond donors (Lipinski definition) is 4. The van der Waals surface area contributed by atoms with E-state index in [0.717, 1.165) is 46.5 Å². The molecule has 3 aromatic rings. The van der Waals surface area contributed by atoms with E-state index < -0.39 is 5.92 Å². The summed E-state index contributed by atoms with van der Waals surface area (Å²) in [6.45, 7) is 11.6. The molecule has 1 aliphatic rings. The lowest BCUT2D eigenvalue weighted by molar-refractivity contribution is -0.113. The van der Waals surface area contributed by atoms with E-state index in [4.69, 9.17) is 0 Å². The van der Waals surface area contributed by atoms with Crippen molar-refractivity contribution < 1.29 is 14.8 Å². The Morgan fingerprint density at radius 3 is 1.61 bits per heavy atom. The van der Waals surface area contributed by atoms with Gasteiger partial charge in [-0.05, 0) is 80.5 Å². The first kappa shape index (κ1) is 29.6. The first-order valence-corrected chi connectivity index (χ1v) is 13.8. The molecule has 0 fully saturated rings. The standard InChI is InChI=1S/C33H37N4O4/c1-7-23-13-9-11-19(3)30(23)35-32(38)27-21(5)34-22(6)28(29(27)25-15-17-26(18-16-25)37(40)41)33(39)36-31-20(4)12-10-14-24(31)8-2/h9-18,29,34,40H,7-8H2,1-6H3,(H,35,38)(H,36,39)/q-1. The summed E-state index contributed by atoms with van der Waals surface area (Å²) >= 11 is 0. The third kappa shape index (κ3) is 6.04. The topological polar surface area (TPSA) is 117 Å². The third-order valence-electron chi connectivity index (χ3n) is 7.65. The van der Waals surface area contributed by atoms with Crippen molar-refractivity contribution in [2.45, 2.75) is 60.3 Å². The Morgan fingerprint density at radius 1 is 0.780 bits per heavy atom. The maximum absolute atomic E-state index is 14.1. The molecule has 4 rings (SSSR count). The second-order valence-electron chi connectivity index (χ2n) is 10.3. The zero-order valence-corrected chi connectivity index (χ0v) is 24.4. The minimum absolute atomic E-state index is 0.0427. The first-order valence-electron chi connectivity index (χ1n) is 13.8. The number of carbonyl (C=O) groups is 2. The van der Waals surface area contributed by atoms with E-state index in [-0.39, 0.29) is 22.7 Å². The number of dihydropyridines is 1. The highest BCUT2D eigenvalue weighted by Gasteiger charge is 2.37. The minimum atomic E-state index is -0.743. The van der Waals surface area contributed by atoms with Crippen molar-refractivity contribution in [2.75, 3.05) is 15.9 Å². The lowest BCUT2D eigenvalue weighted by Crippen LogP contribution is -2.35. The second kappa shape index (κ2) is 12.4. The summed E-state index contributed by atoms with van der Waals surface area (Å²) in [5.74, 6) is -1.40. The summed E-state index contributed by atoms with van der Waals surface area (Å²) < 4.78 is 0. The van der Waals surface area contributed by atoms with Crippen LogP contribution in [0.5, 0.6) is 0 Å². The van der Waals surface area contributed by atoms with Gasteiger partial charge in [-0.3, -0.25) is 14.8 Å². The van der Waals surface area contributed by atoms with Crippen LogP contribution >= 0.6 is 0 Å². The molecular formula is C33H37N4O4-. The summed E-state index contributed by atoms with van der Waals surface area (Å²) in [6.07, 6.45) is 1.49. The monoisotopic (exact) mass is 553 g/mol. The molecule has 0 saturated heterocycles. The van der Waals surface area contributed by atoms with Gasteiger partial charge in [-0.1, -0.05) is 62.4 Å². The molecule has 214 valence electrons. The molecule has 4 N–H and O–H groups in total. The molecule has 0 bridgehead atoms. The summed E-state index contributed by atoms with van der Waals surface area (Å²) in [7, 11) is 0. The summed E-state index contributed by atoms with van der Waals surface area (Å²) in [5.41, 5.74) is 8.10. The van der Waals surface area contributed by atoms with Crippen LogP contribution in [-0.4, -0.2) is 17.0 Å². The average Bonchev–Trinajstić information content (AvgIpc) is 2.94. The normalized spacial score (nSPS) is 13.7. The zero-order valence-electron chi connectivity index (χ0n) is 24.4. The number of anilines is 3. The Hall–Kier alpha value is -4.40. The predicted molar refractivity (Wildman–Crippen MR) is 164 cm³/mol. The minimum Gasteiger partial charge on any atom is -0.733 e. The highest BCUT2D eigenvalue weighted by atomic mass is 16.8. The van der Waals surface area contributed by atoms with Crippen molar-refractivity contribution in [2.24, 2.45) is 0 Å². The van der Waals surface area contributed by atoms with Gasteiger partial charge in [0.1, 0.15) is 0 Å². The highest BCUT2D eigenvalue weighted by Crippen LogP contribution is 2.40. The number of aryl methyl sites for hydroxylation is 4. The van der Waals surface area contributed by atoms with E-state index in [1.165, 1.54) is 12.1 Å². The Labute approximate surface area is 241 Å². The van der Waals surface area contributed by atoms with Crippen LogP contribution in [0.15, 0.2) is 83.2 Å². The largest absolute Gasteiger partial charge is 0.733 e. The molecule has 0 unspecified atom stereocenters. The summed E-state index contributed by atoms with van der Waals surface area (Å²) in [4.78, 5) is 28.2. The Kier molecular flexibility index (Phi) is 8.95. The molecule has 1 aliphatic heterocycles. The number of para-hydroxylation sites is 2. The number of hydrogen-bond acceptors (Lipinski definition) is 6. The lowest BCUT2D eigenvalue weighted by Gasteiger charge is -2.32. The van der Waals surface area contributed by atoms with E-state index >= 15 is 0 Å². The van der Waals surface area contributed by atoms with Gasteiger partial charge in [0.2, 0.25) is 0 Å². The fourth-order valence-electron chi connectivity index (χ4n) is 5.49. The molecule has 8 nitrogen and oxygen atoms in total. The number of carbonyl (C=O) groups excluding carboxylic acids is 2. The molecule has 0 aliphatic carbocycles. The van der Waals surface area contributed by atoms with E-state index in [9.17, 15) is 20.0 Å². The van der Waals surface area contributed by atoms with Crippen molar-refractivity contribution >= 4 is 28.9 Å². The molecule has 0 saturated carbocycles. The Morgan fingerprint density at radius 2 is 1.22 bits per heavy atom. The molecule has 8 heteroatoms. The molecular weight excluding hydrogens is 516 g/mol. The van der Waals surface area contributed by atoms with Crippen LogP contribution in [0.4, 0.5) is 17.1 Å². The van der Waals surface area contributed by atoms with Crippen LogP contribution in [0, 0.1) is 19.1 Å². The number of rotatable bonds is 8. The maximum atomic E-state index is 14.1. The molecule has 2 amide bonds. The van der Waals surface area contributed by atoms with Crippen LogP contribution in [0.25, 0.3) is 0 Å². The fourth-order valence-corrected chi connectivity index (χ4v) is 5.49. The maximum Gasteiger partial charge on any atom is 0.254 e. The predicted octanol–water partition coefficient (Wildman–Crippen LogP) is 6.63. The molecule has 41 heavy (non-hydrogen) atoms. The molecule has 1 heterocycles. The van der Waals surface area contributed by atoms with E-state index in [1.807, 2.05) is 77.9 Å². The number of amides is 2. The molecule has 0 aromatic heterocycles. The summed E-state index contributed by atoms with van der Waals surface area (Å²) in [6, 6.07) is 18.0. The van der Waals surface area contributed by atoms with Gasteiger partial charge in [-0.15, -0.1) is 0 Å². The van der Waals surface area contributed by atoms with Crippen molar-refractivity contribution in [3.05, 3.63) is 116 Å². The number of allylic oxidation sites excluding steroid dienone is 2. The highest BCUT2D eigenvalue weighted by molar-refractivity contribution is 6.12. The lowest BCUT2D eigenvalue weighted by atomic mass is 9.79. The Balaban J connectivity index is 1.82. The van der Waals surface area contributed by atoms with Crippen molar-refractivity contribution in [3.63, 3.8) is 0 Å². The quantitative estimate of drug-likeness (QED) is 0.233. The van der Waals surface area contributed by atoms with E-state index in [0.29, 0.717) is 28.1 Å². The summed E-state index contributed by atoms with van der Waals surface area (Å²) in [5, 5.41) is 30.2. The van der Waals surface area contributed by atoms with E-state index in [1.54, 1.807) is 12.1 Å². The van der Waals surface area contributed by atoms with Gasteiger partial charge in [0.05, 0.1) is 5.69 Å². The van der Waals surface area contributed by atoms with Crippen LogP contribution in [-0.2, 0) is 22.4 Å². The smallest absolute Gasteiger partial charge is 0.254 e. The van der Waals surface area contributed by atoms with Crippen LogP contribution < -0.4 is 21.2 Å². The van der Waals surface area contributed by atoms with Crippen molar-refractivity contribution in [1.29, 1.82) is 0 Å². The molecule has 0 radical (unpaired) electrons. The van der Waals surface area contributed by atoms with Crippen LogP contribution in [0.1, 0.15) is 61.4 Å². The van der Waals surface area contributed by atoms with Gasteiger partial charge in [0.25, 0.3) is 11.8 Å². The van der Waals surface area contributed by atoms with Crippen molar-refractivity contribution in [3.8, 4) is 0 Å². The van der Waals surface area contributed by atoms with Gasteiger partial charge < -0.3 is 26.4 Å². The van der Waals surface area contributed by atoms with Crippen LogP contribution in [0.3, 0.4) is 0 Å². The molecule has 0 spiro atoms. The van der Waals surface area contributed by atoms with Gasteiger partial charge in [-0.2, -0.15) is 0 Å². The SMILES string of the molecule is CCc1cccc(C)c1NC(=O)C1=C(C)NC(C)=C(C(=O)Nc2c(C)cccc2CC)C1c1ccc(N([O-])O)cc1. The number of nitrogens with zero attached hydrogens (tertiary/aromatic N) is 1. The number of nitrogens with one attached hydrogen (secondary N) is 3. The third-order valence-corrected chi connectivity index (χ3v) is 7.65.